The van der Waals surface area contributed by atoms with Crippen LogP contribution in [-0.2, 0) is 4.79 Å². The van der Waals surface area contributed by atoms with E-state index in [-0.39, 0.29) is 29.9 Å². The Labute approximate surface area is 186 Å². The van der Waals surface area contributed by atoms with E-state index in [9.17, 15) is 4.79 Å². The highest BCUT2D eigenvalue weighted by Crippen LogP contribution is 2.27. The molecule has 0 aromatic heterocycles. The van der Waals surface area contributed by atoms with Crippen molar-refractivity contribution in [1.29, 1.82) is 0 Å². The van der Waals surface area contributed by atoms with E-state index in [1.165, 1.54) is 36.8 Å². The summed E-state index contributed by atoms with van der Waals surface area (Å²) in [5, 5.41) is 6.41. The summed E-state index contributed by atoms with van der Waals surface area (Å²) in [5.41, 5.74) is 2.71. The van der Waals surface area contributed by atoms with Crippen molar-refractivity contribution in [1.82, 2.24) is 15.5 Å². The predicted molar refractivity (Wildman–Crippen MR) is 127 cm³/mol. The highest BCUT2D eigenvalue weighted by Gasteiger charge is 2.18. The third-order valence-electron chi connectivity index (χ3n) is 5.54. The van der Waals surface area contributed by atoms with Crippen molar-refractivity contribution in [2.24, 2.45) is 10.9 Å². The van der Waals surface area contributed by atoms with Crippen molar-refractivity contribution in [2.45, 2.75) is 38.5 Å². The first-order chi connectivity index (χ1) is 13.3. The average molecular weight is 496 g/mol. The number of nitrogens with one attached hydrogen (secondary N) is 2. The Hall–Kier alpha value is -1.57. The van der Waals surface area contributed by atoms with Gasteiger partial charge in [0.2, 0.25) is 5.91 Å². The smallest absolute Gasteiger partial charge is 0.220 e. The van der Waals surface area contributed by atoms with Crippen LogP contribution in [0.5, 0.6) is 0 Å². The van der Waals surface area contributed by atoms with Gasteiger partial charge in [0.15, 0.2) is 5.96 Å². The van der Waals surface area contributed by atoms with Gasteiger partial charge in [-0.3, -0.25) is 9.79 Å². The van der Waals surface area contributed by atoms with Gasteiger partial charge < -0.3 is 15.5 Å². The van der Waals surface area contributed by atoms with E-state index in [1.54, 1.807) is 0 Å². The minimum absolute atomic E-state index is 0. The fraction of sp³-hybridized carbons (Fsp3) is 0.545. The number of carbonyl (C=O) groups excluding carboxylic acids is 1. The lowest BCUT2D eigenvalue weighted by Crippen LogP contribution is -2.45. The van der Waals surface area contributed by atoms with Crippen LogP contribution in [0.15, 0.2) is 41.4 Å². The van der Waals surface area contributed by atoms with Crippen molar-refractivity contribution in [2.75, 3.05) is 33.2 Å². The zero-order valence-corrected chi connectivity index (χ0v) is 19.2. The zero-order chi connectivity index (χ0) is 18.9. The minimum atomic E-state index is 0. The number of hydrogen-bond acceptors (Lipinski definition) is 2. The van der Waals surface area contributed by atoms with Crippen LogP contribution in [0.2, 0.25) is 0 Å². The van der Waals surface area contributed by atoms with E-state index in [1.807, 2.05) is 7.05 Å². The van der Waals surface area contributed by atoms with Crippen molar-refractivity contribution in [3.05, 3.63) is 42.0 Å². The van der Waals surface area contributed by atoms with Gasteiger partial charge in [0.05, 0.1) is 0 Å². The average Bonchev–Trinajstić information content (AvgIpc) is 3.22. The Bertz CT molecular complexity index is 668. The van der Waals surface area contributed by atoms with Crippen LogP contribution in [-0.4, -0.2) is 50.0 Å². The number of benzene rings is 1. The van der Waals surface area contributed by atoms with Gasteiger partial charge in [-0.2, -0.15) is 0 Å². The molecule has 1 aromatic rings. The largest absolute Gasteiger partial charge is 0.354 e. The molecule has 1 heterocycles. The number of halogens is 1. The van der Waals surface area contributed by atoms with Gasteiger partial charge >= 0.3 is 0 Å². The van der Waals surface area contributed by atoms with Gasteiger partial charge in [0.25, 0.3) is 0 Å². The summed E-state index contributed by atoms with van der Waals surface area (Å²) in [6.45, 7) is 3.16. The molecule has 5 nitrogen and oxygen atoms in total. The molecule has 1 aliphatic heterocycles. The Morgan fingerprint density at radius 1 is 1.14 bits per heavy atom. The lowest BCUT2D eigenvalue weighted by Gasteiger charge is -2.29. The summed E-state index contributed by atoms with van der Waals surface area (Å²) < 4.78 is 0. The van der Waals surface area contributed by atoms with Gasteiger partial charge in [-0.1, -0.05) is 49.2 Å². The number of carbonyl (C=O) groups is 1. The SMILES string of the molecule is CN=C(NCCNC(=O)CC1CCCC1)N1CC=C(c2ccccc2)CC1.I. The summed E-state index contributed by atoms with van der Waals surface area (Å²) in [4.78, 5) is 18.7. The first-order valence-electron chi connectivity index (χ1n) is 10.2. The maximum absolute atomic E-state index is 12.0. The fourth-order valence-corrected chi connectivity index (χ4v) is 4.03. The lowest BCUT2D eigenvalue weighted by atomic mass is 10.00. The molecule has 1 aromatic carbocycles. The Morgan fingerprint density at radius 2 is 1.86 bits per heavy atom. The molecule has 1 amide bonds. The fourth-order valence-electron chi connectivity index (χ4n) is 4.03. The van der Waals surface area contributed by atoms with Crippen molar-refractivity contribution < 1.29 is 4.79 Å². The molecule has 3 rings (SSSR count). The second kappa shape index (κ2) is 12.1. The Balaban J connectivity index is 0.00000280. The highest BCUT2D eigenvalue weighted by molar-refractivity contribution is 14.0. The van der Waals surface area contributed by atoms with Crippen molar-refractivity contribution >= 4 is 41.4 Å². The second-order valence-corrected chi connectivity index (χ2v) is 7.47. The van der Waals surface area contributed by atoms with Crippen LogP contribution >= 0.6 is 24.0 Å². The highest BCUT2D eigenvalue weighted by atomic mass is 127. The predicted octanol–water partition coefficient (Wildman–Crippen LogP) is 3.67. The Kier molecular flexibility index (Phi) is 9.81. The zero-order valence-electron chi connectivity index (χ0n) is 16.8. The number of hydrogen-bond donors (Lipinski definition) is 2. The van der Waals surface area contributed by atoms with Crippen LogP contribution in [0.4, 0.5) is 0 Å². The van der Waals surface area contributed by atoms with E-state index >= 15 is 0 Å². The normalized spacial score (nSPS) is 17.7. The van der Waals surface area contributed by atoms with Crippen LogP contribution in [0.3, 0.4) is 0 Å². The summed E-state index contributed by atoms with van der Waals surface area (Å²) in [5.74, 6) is 1.69. The quantitative estimate of drug-likeness (QED) is 0.274. The van der Waals surface area contributed by atoms with Gasteiger partial charge in [0, 0.05) is 39.6 Å². The third kappa shape index (κ3) is 6.79. The molecule has 0 bridgehead atoms. The molecule has 0 atom stereocenters. The van der Waals surface area contributed by atoms with Crippen molar-refractivity contribution in [3.63, 3.8) is 0 Å². The van der Waals surface area contributed by atoms with Gasteiger partial charge in [-0.15, -0.1) is 24.0 Å². The minimum Gasteiger partial charge on any atom is -0.354 e. The summed E-state index contributed by atoms with van der Waals surface area (Å²) in [6.07, 6.45) is 8.99. The number of amides is 1. The molecule has 0 saturated heterocycles. The van der Waals surface area contributed by atoms with Gasteiger partial charge in [-0.05, 0) is 36.3 Å². The van der Waals surface area contributed by atoms with Crippen LogP contribution < -0.4 is 10.6 Å². The Morgan fingerprint density at radius 3 is 2.50 bits per heavy atom. The van der Waals surface area contributed by atoms with Gasteiger partial charge in [0.1, 0.15) is 0 Å². The van der Waals surface area contributed by atoms with Crippen molar-refractivity contribution in [3.8, 4) is 0 Å². The van der Waals surface area contributed by atoms with E-state index in [4.69, 9.17) is 0 Å². The molecular weight excluding hydrogens is 463 g/mol. The number of rotatable bonds is 6. The molecular formula is C22H33IN4O. The third-order valence-corrected chi connectivity index (χ3v) is 5.54. The molecule has 154 valence electrons. The molecule has 1 fully saturated rings. The maximum atomic E-state index is 12.0. The van der Waals surface area contributed by atoms with E-state index < -0.39 is 0 Å². The molecule has 2 N–H and O–H groups in total. The number of nitrogens with zero attached hydrogens (tertiary/aromatic N) is 2. The van der Waals surface area contributed by atoms with E-state index in [0.29, 0.717) is 25.4 Å². The maximum Gasteiger partial charge on any atom is 0.220 e. The first-order valence-corrected chi connectivity index (χ1v) is 10.2. The van der Waals surface area contributed by atoms with Crippen LogP contribution in [0.25, 0.3) is 5.57 Å². The molecule has 1 aliphatic carbocycles. The van der Waals surface area contributed by atoms with Crippen LogP contribution in [0, 0.1) is 5.92 Å². The molecule has 0 unspecified atom stereocenters. The molecule has 28 heavy (non-hydrogen) atoms. The summed E-state index contributed by atoms with van der Waals surface area (Å²) in [7, 11) is 1.82. The van der Waals surface area contributed by atoms with E-state index in [2.05, 4.69) is 56.9 Å². The summed E-state index contributed by atoms with van der Waals surface area (Å²) in [6, 6.07) is 10.6. The first kappa shape index (κ1) is 22.7. The molecule has 0 spiro atoms. The standard InChI is InChI=1S/C22H32N4O.HI/c1-23-22(25-14-13-24-21(27)17-18-7-5-6-8-18)26-15-11-20(12-16-26)19-9-3-2-4-10-19;/h2-4,9-11,18H,5-8,12-17H2,1H3,(H,23,25)(H,24,27);1H. The molecule has 2 aliphatic rings. The molecule has 0 radical (unpaired) electrons. The second-order valence-electron chi connectivity index (χ2n) is 7.47. The topological polar surface area (TPSA) is 56.7 Å². The van der Waals surface area contributed by atoms with Crippen LogP contribution in [0.1, 0.15) is 44.1 Å². The monoisotopic (exact) mass is 496 g/mol. The molecule has 6 heteroatoms. The van der Waals surface area contributed by atoms with Gasteiger partial charge in [-0.25, -0.2) is 0 Å². The number of guanidine groups is 1. The van der Waals surface area contributed by atoms with E-state index in [0.717, 1.165) is 25.5 Å². The summed E-state index contributed by atoms with van der Waals surface area (Å²) >= 11 is 0. The molecule has 1 saturated carbocycles. The number of aliphatic imine (C=N–C) groups is 1. The lowest BCUT2D eigenvalue weighted by molar-refractivity contribution is -0.121.